The summed E-state index contributed by atoms with van der Waals surface area (Å²) in [5.74, 6) is -3.61. The number of aliphatic hydroxyl groups is 3. The van der Waals surface area contributed by atoms with Gasteiger partial charge < -0.3 is 25.5 Å². The Bertz CT molecular complexity index is 173. The fourth-order valence-electron chi connectivity index (χ4n) is 0.465. The quantitative estimate of drug-likeness (QED) is 0.309. The Morgan fingerprint density at radius 1 is 0.846 bits per heavy atom. The van der Waals surface area contributed by atoms with Gasteiger partial charge in [-0.2, -0.15) is 0 Å². The molecule has 5 N–H and O–H groups in total. The molecule has 0 aromatic carbocycles. The summed E-state index contributed by atoms with van der Waals surface area (Å²) in [5.41, 5.74) is 0. The zero-order valence-corrected chi connectivity index (χ0v) is 5.78. The van der Waals surface area contributed by atoms with Gasteiger partial charge in [-0.1, -0.05) is 0 Å². The van der Waals surface area contributed by atoms with Gasteiger partial charge in [-0.05, 0) is 0 Å². The van der Waals surface area contributed by atoms with Gasteiger partial charge in [0.25, 0.3) is 0 Å². The molecule has 0 spiro atoms. The second kappa shape index (κ2) is 6.52. The summed E-state index contributed by atoms with van der Waals surface area (Å²) in [4.78, 5) is 19.9. The molecule has 2 unspecified atom stereocenters. The van der Waals surface area contributed by atoms with Crippen LogP contribution in [0.5, 0.6) is 0 Å². The summed E-state index contributed by atoms with van der Waals surface area (Å²) >= 11 is 0. The van der Waals surface area contributed by atoms with Gasteiger partial charge in [0, 0.05) is 0 Å². The van der Waals surface area contributed by atoms with Crippen molar-refractivity contribution in [3.05, 3.63) is 0 Å². The molecule has 2 atom stereocenters. The van der Waals surface area contributed by atoms with E-state index in [1.165, 1.54) is 0 Å². The first-order chi connectivity index (χ1) is 5.37. The van der Waals surface area contributed by atoms with Gasteiger partial charge in [-0.25, -0.2) is 9.59 Å². The molecule has 0 amide bonds. The molecule has 0 fully saturated rings. The van der Waals surface area contributed by atoms with E-state index < -0.39 is 30.3 Å². The molecule has 0 heterocycles. The van der Waals surface area contributed by atoms with Gasteiger partial charge in [0.2, 0.25) is 0 Å². The molecule has 0 aliphatic rings. The molecule has 0 radical (unpaired) electrons. The van der Waals surface area contributed by atoms with E-state index in [1.54, 1.807) is 0 Å². The van der Waals surface area contributed by atoms with Crippen LogP contribution in [0.3, 0.4) is 0 Å². The third kappa shape index (κ3) is 4.75. The Hall–Kier alpha value is 0.0797. The van der Waals surface area contributed by atoms with Crippen LogP contribution in [0.1, 0.15) is 0 Å². The summed E-state index contributed by atoms with van der Waals surface area (Å²) in [6.07, 6.45) is -6.85. The van der Waals surface area contributed by atoms with E-state index in [2.05, 4.69) is 0 Å². The molecule has 0 rings (SSSR count). The number of carboxylic acids is 2. The first-order valence-corrected chi connectivity index (χ1v) is 2.87. The fraction of sp³-hybridized carbons (Fsp3) is 0.600. The SMILES string of the molecule is O=C(O)C(O)C(O)C(O)C(=O)O.[CaH2]. The van der Waals surface area contributed by atoms with E-state index in [9.17, 15) is 9.59 Å². The second-order valence-corrected chi connectivity index (χ2v) is 2.06. The third-order valence-corrected chi connectivity index (χ3v) is 1.15. The molecule has 0 aliphatic heterocycles. The molecule has 0 aromatic rings. The van der Waals surface area contributed by atoms with Crippen molar-refractivity contribution in [3.63, 3.8) is 0 Å². The average Bonchev–Trinajstić information content (AvgIpc) is 2.00. The molecule has 0 bridgehead atoms. The monoisotopic (exact) mass is 222 g/mol. The second-order valence-electron chi connectivity index (χ2n) is 2.06. The van der Waals surface area contributed by atoms with Crippen molar-refractivity contribution in [3.8, 4) is 0 Å². The van der Waals surface area contributed by atoms with Crippen LogP contribution in [0.2, 0.25) is 0 Å². The van der Waals surface area contributed by atoms with Gasteiger partial charge in [-0.3, -0.25) is 0 Å². The number of hydrogen-bond acceptors (Lipinski definition) is 5. The van der Waals surface area contributed by atoms with E-state index in [1.807, 2.05) is 0 Å². The van der Waals surface area contributed by atoms with Crippen molar-refractivity contribution >= 4 is 49.7 Å². The molecule has 74 valence electrons. The Kier molecular flexibility index (Phi) is 7.80. The van der Waals surface area contributed by atoms with Crippen LogP contribution < -0.4 is 0 Å². The minimum atomic E-state index is -2.31. The van der Waals surface area contributed by atoms with Crippen molar-refractivity contribution in [1.82, 2.24) is 0 Å². The summed E-state index contributed by atoms with van der Waals surface area (Å²) in [7, 11) is 0. The van der Waals surface area contributed by atoms with Crippen LogP contribution in [0.4, 0.5) is 0 Å². The third-order valence-electron chi connectivity index (χ3n) is 1.15. The van der Waals surface area contributed by atoms with Crippen LogP contribution in [-0.2, 0) is 9.59 Å². The molecular formula is C5H10CaO7. The van der Waals surface area contributed by atoms with E-state index >= 15 is 0 Å². The maximum absolute atomic E-state index is 9.95. The first kappa shape index (κ1) is 15.5. The molecule has 0 aliphatic carbocycles. The van der Waals surface area contributed by atoms with Crippen LogP contribution >= 0.6 is 0 Å². The Labute approximate surface area is 103 Å². The number of aliphatic carboxylic acids is 2. The van der Waals surface area contributed by atoms with Crippen LogP contribution in [0.15, 0.2) is 0 Å². The zero-order chi connectivity index (χ0) is 9.89. The molecule has 7 nitrogen and oxygen atoms in total. The van der Waals surface area contributed by atoms with E-state index in [4.69, 9.17) is 25.5 Å². The van der Waals surface area contributed by atoms with Gasteiger partial charge in [0.15, 0.2) is 12.2 Å². The Balaban J connectivity index is 0. The number of hydrogen-bond donors (Lipinski definition) is 5. The van der Waals surface area contributed by atoms with Gasteiger partial charge in [0.05, 0.1) is 0 Å². The van der Waals surface area contributed by atoms with Gasteiger partial charge in [0.1, 0.15) is 6.10 Å². The summed E-state index contributed by atoms with van der Waals surface area (Å²) in [6, 6.07) is 0. The zero-order valence-electron chi connectivity index (χ0n) is 5.78. The maximum atomic E-state index is 9.95. The van der Waals surface area contributed by atoms with Crippen molar-refractivity contribution in [2.24, 2.45) is 0 Å². The molecule has 13 heavy (non-hydrogen) atoms. The van der Waals surface area contributed by atoms with Crippen molar-refractivity contribution < 1.29 is 35.1 Å². The van der Waals surface area contributed by atoms with Gasteiger partial charge in [-0.15, -0.1) is 0 Å². The van der Waals surface area contributed by atoms with Crippen molar-refractivity contribution in [2.75, 3.05) is 0 Å². The van der Waals surface area contributed by atoms with Crippen molar-refractivity contribution in [2.45, 2.75) is 18.3 Å². The summed E-state index contributed by atoms with van der Waals surface area (Å²) in [5, 5.41) is 41.9. The average molecular weight is 222 g/mol. The Morgan fingerprint density at radius 3 is 1.23 bits per heavy atom. The minimum absolute atomic E-state index is 0. The number of carbonyl (C=O) groups is 2. The summed E-state index contributed by atoms with van der Waals surface area (Å²) in [6.45, 7) is 0. The van der Waals surface area contributed by atoms with Crippen molar-refractivity contribution in [1.29, 1.82) is 0 Å². The molecule has 0 saturated carbocycles. The van der Waals surface area contributed by atoms with E-state index in [0.717, 1.165) is 0 Å². The number of aliphatic hydroxyl groups excluding tert-OH is 3. The predicted octanol–water partition coefficient (Wildman–Crippen LogP) is -3.68. The molecule has 0 saturated heterocycles. The van der Waals surface area contributed by atoms with E-state index in [0.29, 0.717) is 0 Å². The molecule has 0 aromatic heterocycles. The number of carboxylic acid groups (broad SMARTS) is 2. The Morgan fingerprint density at radius 2 is 1.08 bits per heavy atom. The van der Waals surface area contributed by atoms with Crippen LogP contribution in [-0.4, -0.2) is 93.5 Å². The van der Waals surface area contributed by atoms with Crippen LogP contribution in [0, 0.1) is 0 Å². The van der Waals surface area contributed by atoms with Crippen LogP contribution in [0.25, 0.3) is 0 Å². The molecular weight excluding hydrogens is 212 g/mol. The predicted molar refractivity (Wildman–Crippen MR) is 41.8 cm³/mol. The summed E-state index contributed by atoms with van der Waals surface area (Å²) < 4.78 is 0. The fourth-order valence-corrected chi connectivity index (χ4v) is 0.465. The topological polar surface area (TPSA) is 135 Å². The standard InChI is InChI=1S/C5H8O7.Ca.2H/c6-1(2(7)4(9)10)3(8)5(11)12;;;/h1-3,6-8H,(H,9,10)(H,11,12);;;. The van der Waals surface area contributed by atoms with Gasteiger partial charge >= 0.3 is 49.7 Å². The first-order valence-electron chi connectivity index (χ1n) is 2.87. The molecule has 8 heteroatoms. The van der Waals surface area contributed by atoms with E-state index in [-0.39, 0.29) is 37.7 Å². The number of rotatable bonds is 4. The normalized spacial score (nSPS) is 16.5.